The van der Waals surface area contributed by atoms with Gasteiger partial charge in [-0.2, -0.15) is 0 Å². The fourth-order valence-electron chi connectivity index (χ4n) is 2.97. The molecule has 33 heavy (non-hydrogen) atoms. The molecule has 0 spiro atoms. The van der Waals surface area contributed by atoms with Crippen molar-refractivity contribution in [2.24, 2.45) is 0 Å². The Morgan fingerprint density at radius 1 is 0.818 bits per heavy atom. The number of benzene rings is 3. The smallest absolute Gasteiger partial charge is 0.257 e. The summed E-state index contributed by atoms with van der Waals surface area (Å²) in [6.45, 7) is 4.22. The van der Waals surface area contributed by atoms with Crippen molar-refractivity contribution in [1.29, 1.82) is 0 Å². The van der Waals surface area contributed by atoms with Crippen molar-refractivity contribution in [3.63, 3.8) is 0 Å². The van der Waals surface area contributed by atoms with Crippen LogP contribution in [-0.4, -0.2) is 37.4 Å². The number of hydrogen-bond donors (Lipinski definition) is 2. The van der Waals surface area contributed by atoms with E-state index in [1.54, 1.807) is 24.3 Å². The van der Waals surface area contributed by atoms with Crippen molar-refractivity contribution in [3.8, 4) is 11.5 Å². The third-order valence-electron chi connectivity index (χ3n) is 4.66. The Kier molecular flexibility index (Phi) is 9.69. The minimum Gasteiger partial charge on any atom is -0.493 e. The van der Waals surface area contributed by atoms with Crippen molar-refractivity contribution in [2.75, 3.05) is 31.7 Å². The number of anilines is 1. The van der Waals surface area contributed by atoms with Gasteiger partial charge in [-0.05, 0) is 73.2 Å². The van der Waals surface area contributed by atoms with E-state index in [2.05, 4.69) is 22.8 Å². The first-order valence-corrected chi connectivity index (χ1v) is 11.2. The van der Waals surface area contributed by atoms with Gasteiger partial charge in [-0.15, -0.1) is 0 Å². The van der Waals surface area contributed by atoms with Crippen molar-refractivity contribution in [1.82, 2.24) is 5.32 Å². The Balaban J connectivity index is 1.41. The summed E-state index contributed by atoms with van der Waals surface area (Å²) in [4.78, 5) is 12.5. The molecule has 7 heteroatoms. The minimum atomic E-state index is -0.292. The summed E-state index contributed by atoms with van der Waals surface area (Å²) < 4.78 is 16.6. The van der Waals surface area contributed by atoms with Crippen molar-refractivity contribution in [2.45, 2.75) is 13.3 Å². The topological polar surface area (TPSA) is 68.8 Å². The maximum Gasteiger partial charge on any atom is 0.257 e. The molecular formula is C26H28N2O4S. The molecular weight excluding hydrogens is 436 g/mol. The molecule has 172 valence electrons. The number of amides is 1. The zero-order valence-corrected chi connectivity index (χ0v) is 19.4. The normalized spacial score (nSPS) is 10.3. The maximum atomic E-state index is 12.5. The second-order valence-electron chi connectivity index (χ2n) is 7.09. The van der Waals surface area contributed by atoms with E-state index in [9.17, 15) is 4.79 Å². The van der Waals surface area contributed by atoms with Crippen LogP contribution < -0.4 is 20.1 Å². The highest BCUT2D eigenvalue weighted by atomic mass is 32.1. The molecule has 0 bridgehead atoms. The van der Waals surface area contributed by atoms with Crippen LogP contribution in [0.2, 0.25) is 0 Å². The summed E-state index contributed by atoms with van der Waals surface area (Å²) in [6, 6.07) is 24.5. The van der Waals surface area contributed by atoms with Crippen LogP contribution in [0.25, 0.3) is 0 Å². The molecule has 3 aromatic carbocycles. The summed E-state index contributed by atoms with van der Waals surface area (Å²) in [5, 5.41) is 5.90. The molecule has 0 unspecified atom stereocenters. The number of carbonyl (C=O) groups is 1. The molecule has 0 heterocycles. The molecule has 2 N–H and O–H groups in total. The van der Waals surface area contributed by atoms with Gasteiger partial charge in [-0.25, -0.2) is 0 Å². The Bertz CT molecular complexity index is 1010. The van der Waals surface area contributed by atoms with Gasteiger partial charge in [0.1, 0.15) is 18.1 Å². The summed E-state index contributed by atoms with van der Waals surface area (Å²) >= 11 is 5.26. The Morgan fingerprint density at radius 3 is 2.12 bits per heavy atom. The molecule has 6 nitrogen and oxygen atoms in total. The molecule has 3 aromatic rings. The van der Waals surface area contributed by atoms with E-state index in [1.807, 2.05) is 49.4 Å². The predicted molar refractivity (Wildman–Crippen MR) is 134 cm³/mol. The van der Waals surface area contributed by atoms with Gasteiger partial charge >= 0.3 is 0 Å². The van der Waals surface area contributed by atoms with Gasteiger partial charge < -0.3 is 19.5 Å². The summed E-state index contributed by atoms with van der Waals surface area (Å²) in [5.41, 5.74) is 2.46. The molecule has 0 aromatic heterocycles. The molecule has 0 aliphatic heterocycles. The number of thiocarbonyl (C=S) groups is 1. The maximum absolute atomic E-state index is 12.5. The number of carbonyl (C=O) groups excluding carboxylic acids is 1. The lowest BCUT2D eigenvalue weighted by atomic mass is 10.2. The zero-order chi connectivity index (χ0) is 23.3. The first kappa shape index (κ1) is 24.2. The Labute approximate surface area is 199 Å². The van der Waals surface area contributed by atoms with Gasteiger partial charge in [0.15, 0.2) is 5.11 Å². The average molecular weight is 465 g/mol. The van der Waals surface area contributed by atoms with E-state index < -0.39 is 0 Å². The second kappa shape index (κ2) is 13.2. The van der Waals surface area contributed by atoms with Crippen molar-refractivity contribution >= 4 is 28.9 Å². The molecule has 0 radical (unpaired) electrons. The van der Waals surface area contributed by atoms with Crippen molar-refractivity contribution in [3.05, 3.63) is 90.0 Å². The van der Waals surface area contributed by atoms with Crippen molar-refractivity contribution < 1.29 is 19.0 Å². The molecule has 3 rings (SSSR count). The highest BCUT2D eigenvalue weighted by Crippen LogP contribution is 2.16. The molecule has 0 saturated carbocycles. The van der Waals surface area contributed by atoms with E-state index in [4.69, 9.17) is 26.4 Å². The van der Waals surface area contributed by atoms with Crippen LogP contribution in [0.5, 0.6) is 11.5 Å². The lowest BCUT2D eigenvalue weighted by Crippen LogP contribution is -2.34. The number of rotatable bonds is 11. The summed E-state index contributed by atoms with van der Waals surface area (Å²) in [7, 11) is 0. The molecule has 0 atom stereocenters. The Hall–Kier alpha value is -3.42. The predicted octanol–water partition coefficient (Wildman–Crippen LogP) is 4.85. The zero-order valence-electron chi connectivity index (χ0n) is 18.6. The number of nitrogens with one attached hydrogen (secondary N) is 2. The number of hydrogen-bond acceptors (Lipinski definition) is 5. The van der Waals surface area contributed by atoms with Crippen LogP contribution in [0.4, 0.5) is 5.69 Å². The first-order valence-electron chi connectivity index (χ1n) is 10.8. The fraction of sp³-hybridized carbons (Fsp3) is 0.231. The SMILES string of the molecule is CCOCCOc1ccc(NC(=S)NC(=O)c2ccc(OCCc3ccccc3)cc2)cc1. The van der Waals surface area contributed by atoms with E-state index in [1.165, 1.54) is 5.56 Å². The second-order valence-corrected chi connectivity index (χ2v) is 7.49. The fourth-order valence-corrected chi connectivity index (χ4v) is 3.18. The lowest BCUT2D eigenvalue weighted by Gasteiger charge is -2.11. The number of ether oxygens (including phenoxy) is 3. The highest BCUT2D eigenvalue weighted by Gasteiger charge is 2.08. The highest BCUT2D eigenvalue weighted by molar-refractivity contribution is 7.80. The Morgan fingerprint density at radius 2 is 1.45 bits per heavy atom. The largest absolute Gasteiger partial charge is 0.493 e. The lowest BCUT2D eigenvalue weighted by molar-refractivity contribution is 0.0977. The molecule has 0 aliphatic carbocycles. The third-order valence-corrected chi connectivity index (χ3v) is 4.86. The van der Waals surface area contributed by atoms with E-state index >= 15 is 0 Å². The third kappa shape index (κ3) is 8.56. The molecule has 1 amide bonds. The first-order chi connectivity index (χ1) is 16.1. The van der Waals surface area contributed by atoms with E-state index in [-0.39, 0.29) is 11.0 Å². The minimum absolute atomic E-state index is 0.216. The monoisotopic (exact) mass is 464 g/mol. The van der Waals surface area contributed by atoms with E-state index in [0.29, 0.717) is 37.7 Å². The van der Waals surface area contributed by atoms with Gasteiger partial charge in [0.05, 0.1) is 13.2 Å². The van der Waals surface area contributed by atoms with Crippen LogP contribution in [0.3, 0.4) is 0 Å². The van der Waals surface area contributed by atoms with Crippen LogP contribution >= 0.6 is 12.2 Å². The van der Waals surface area contributed by atoms with Crippen LogP contribution in [0.15, 0.2) is 78.9 Å². The van der Waals surface area contributed by atoms with E-state index in [0.717, 1.165) is 17.9 Å². The van der Waals surface area contributed by atoms with Gasteiger partial charge in [0.2, 0.25) is 0 Å². The van der Waals surface area contributed by atoms with Gasteiger partial charge in [-0.3, -0.25) is 10.1 Å². The molecule has 0 fully saturated rings. The van der Waals surface area contributed by atoms with Gasteiger partial charge in [0.25, 0.3) is 5.91 Å². The van der Waals surface area contributed by atoms with Gasteiger partial charge in [-0.1, -0.05) is 30.3 Å². The molecule has 0 saturated heterocycles. The standard InChI is InChI=1S/C26H28N2O4S/c1-2-30-18-19-32-24-14-10-22(11-15-24)27-26(33)28-25(29)21-8-12-23(13-9-21)31-17-16-20-6-4-3-5-7-20/h3-15H,2,16-19H2,1H3,(H2,27,28,29,33). The quantitative estimate of drug-likeness (QED) is 0.312. The molecule has 0 aliphatic rings. The summed E-state index contributed by atoms with van der Waals surface area (Å²) in [6.07, 6.45) is 0.823. The summed E-state index contributed by atoms with van der Waals surface area (Å²) in [5.74, 6) is 1.16. The van der Waals surface area contributed by atoms with Gasteiger partial charge in [0, 0.05) is 24.3 Å². The van der Waals surface area contributed by atoms with Crippen LogP contribution in [-0.2, 0) is 11.2 Å². The van der Waals surface area contributed by atoms with Crippen LogP contribution in [0.1, 0.15) is 22.8 Å². The average Bonchev–Trinajstić information content (AvgIpc) is 2.84. The van der Waals surface area contributed by atoms with Crippen LogP contribution in [0, 0.1) is 0 Å².